The van der Waals surface area contributed by atoms with E-state index in [1.165, 1.54) is 10.7 Å². The van der Waals surface area contributed by atoms with Crippen LogP contribution in [0.1, 0.15) is 43.4 Å². The predicted molar refractivity (Wildman–Crippen MR) is 85.8 cm³/mol. The minimum atomic E-state index is -0.0108. The molecule has 1 saturated heterocycles. The van der Waals surface area contributed by atoms with Crippen molar-refractivity contribution in [2.45, 2.75) is 38.8 Å². The minimum Gasteiger partial charge on any atom is -0.368 e. The van der Waals surface area contributed by atoms with Gasteiger partial charge in [0.25, 0.3) is 0 Å². The van der Waals surface area contributed by atoms with Gasteiger partial charge in [0, 0.05) is 30.9 Å². The lowest BCUT2D eigenvalue weighted by Gasteiger charge is -2.31. The molecule has 0 amide bonds. The van der Waals surface area contributed by atoms with Crippen molar-refractivity contribution in [1.29, 1.82) is 0 Å². The molecule has 3 rings (SSSR count). The van der Waals surface area contributed by atoms with Crippen molar-refractivity contribution in [2.24, 2.45) is 7.05 Å². The van der Waals surface area contributed by atoms with E-state index in [4.69, 9.17) is 9.72 Å². The van der Waals surface area contributed by atoms with Crippen molar-refractivity contribution in [3.05, 3.63) is 28.2 Å². The summed E-state index contributed by atoms with van der Waals surface area (Å²) in [4.78, 5) is 7.17. The molecular formula is C15H23N5OS. The molecule has 22 heavy (non-hydrogen) atoms. The van der Waals surface area contributed by atoms with Crippen molar-refractivity contribution in [1.82, 2.24) is 24.6 Å². The van der Waals surface area contributed by atoms with Gasteiger partial charge in [-0.2, -0.15) is 0 Å². The summed E-state index contributed by atoms with van der Waals surface area (Å²) in [5.74, 6) is 0.888. The number of hydrogen-bond acceptors (Lipinski definition) is 6. The largest absolute Gasteiger partial charge is 0.368 e. The third kappa shape index (κ3) is 3.37. The molecule has 1 fully saturated rings. The lowest BCUT2D eigenvalue weighted by molar-refractivity contribution is -0.0385. The Kier molecular flexibility index (Phi) is 4.29. The van der Waals surface area contributed by atoms with E-state index < -0.39 is 0 Å². The third-order valence-corrected chi connectivity index (χ3v) is 4.70. The Morgan fingerprint density at radius 1 is 1.41 bits per heavy atom. The smallest absolute Gasteiger partial charge is 0.163 e. The van der Waals surface area contributed by atoms with Crippen molar-refractivity contribution >= 4 is 11.3 Å². The number of rotatable bonds is 3. The van der Waals surface area contributed by atoms with Crippen LogP contribution in [0.15, 0.2) is 11.7 Å². The Bertz CT molecular complexity index is 630. The summed E-state index contributed by atoms with van der Waals surface area (Å²) < 4.78 is 7.77. The first-order chi connectivity index (χ1) is 10.4. The van der Waals surface area contributed by atoms with E-state index >= 15 is 0 Å². The Morgan fingerprint density at radius 3 is 2.86 bits per heavy atom. The van der Waals surface area contributed by atoms with Crippen LogP contribution in [0.25, 0.3) is 0 Å². The molecule has 0 unspecified atom stereocenters. The molecule has 0 aliphatic carbocycles. The predicted octanol–water partition coefficient (Wildman–Crippen LogP) is 2.14. The summed E-state index contributed by atoms with van der Waals surface area (Å²) in [5, 5.41) is 11.5. The highest BCUT2D eigenvalue weighted by Gasteiger charge is 2.26. The molecule has 2 aromatic heterocycles. The van der Waals surface area contributed by atoms with Crippen molar-refractivity contribution in [2.75, 3.05) is 19.7 Å². The molecule has 2 aromatic rings. The Labute approximate surface area is 135 Å². The lowest BCUT2D eigenvalue weighted by atomic mass is 9.93. The van der Waals surface area contributed by atoms with Crippen LogP contribution in [-0.4, -0.2) is 44.3 Å². The van der Waals surface area contributed by atoms with Crippen LogP contribution < -0.4 is 0 Å². The number of hydrogen-bond donors (Lipinski definition) is 0. The van der Waals surface area contributed by atoms with E-state index in [0.717, 1.165) is 32.1 Å². The number of aromatic nitrogens is 4. The molecule has 0 spiro atoms. The summed E-state index contributed by atoms with van der Waals surface area (Å²) in [6.45, 7) is 9.95. The van der Waals surface area contributed by atoms with E-state index in [0.29, 0.717) is 0 Å². The summed E-state index contributed by atoms with van der Waals surface area (Å²) in [7, 11) is 1.95. The fourth-order valence-corrected chi connectivity index (χ4v) is 3.57. The van der Waals surface area contributed by atoms with Crippen molar-refractivity contribution < 1.29 is 4.74 Å². The van der Waals surface area contributed by atoms with Crippen LogP contribution in [0, 0.1) is 0 Å². The van der Waals surface area contributed by atoms with Gasteiger partial charge in [-0.3, -0.25) is 4.90 Å². The van der Waals surface area contributed by atoms with Gasteiger partial charge < -0.3 is 9.30 Å². The van der Waals surface area contributed by atoms with Crippen LogP contribution in [0.5, 0.6) is 0 Å². The maximum absolute atomic E-state index is 5.85. The normalized spacial score (nSPS) is 20.5. The maximum Gasteiger partial charge on any atom is 0.163 e. The average molecular weight is 321 g/mol. The van der Waals surface area contributed by atoms with Crippen LogP contribution in [0.4, 0.5) is 0 Å². The Hall–Kier alpha value is -1.31. The third-order valence-electron chi connectivity index (χ3n) is 3.86. The van der Waals surface area contributed by atoms with Gasteiger partial charge in [0.2, 0.25) is 0 Å². The first-order valence-electron chi connectivity index (χ1n) is 7.56. The minimum absolute atomic E-state index is 0.0108. The van der Waals surface area contributed by atoms with E-state index in [-0.39, 0.29) is 11.5 Å². The molecule has 0 radical (unpaired) electrons. The second kappa shape index (κ2) is 6.06. The summed E-state index contributed by atoms with van der Waals surface area (Å²) >= 11 is 1.75. The van der Waals surface area contributed by atoms with Gasteiger partial charge in [-0.25, -0.2) is 4.98 Å². The second-order valence-electron chi connectivity index (χ2n) is 6.77. The highest BCUT2D eigenvalue weighted by atomic mass is 32.1. The second-order valence-corrected chi connectivity index (χ2v) is 7.71. The van der Waals surface area contributed by atoms with Crippen LogP contribution >= 0.6 is 11.3 Å². The average Bonchev–Trinajstić information content (AvgIpc) is 3.07. The first kappa shape index (κ1) is 15.6. The summed E-state index contributed by atoms with van der Waals surface area (Å²) in [6, 6.07) is 0. The standard InChI is InChI=1S/C15H23N5OS/c1-15(2,3)12-9-22-13(17-12)8-20-5-6-21-11(7-20)14-18-16-10-19(14)4/h9-11H,5-8H2,1-4H3/t11-/m1/s1. The Balaban J connectivity index is 1.66. The fourth-order valence-electron chi connectivity index (χ4n) is 2.51. The first-order valence-corrected chi connectivity index (χ1v) is 8.44. The zero-order chi connectivity index (χ0) is 15.7. The zero-order valence-electron chi connectivity index (χ0n) is 13.6. The van der Waals surface area contributed by atoms with Crippen molar-refractivity contribution in [3.8, 4) is 0 Å². The van der Waals surface area contributed by atoms with E-state index in [1.54, 1.807) is 17.7 Å². The van der Waals surface area contributed by atoms with Gasteiger partial charge in [0.1, 0.15) is 17.4 Å². The molecule has 1 atom stereocenters. The van der Waals surface area contributed by atoms with Gasteiger partial charge in [-0.05, 0) is 0 Å². The van der Waals surface area contributed by atoms with Gasteiger partial charge in [0.05, 0.1) is 18.8 Å². The molecule has 0 saturated carbocycles. The number of morpholine rings is 1. The number of thiazole rings is 1. The van der Waals surface area contributed by atoms with Gasteiger partial charge >= 0.3 is 0 Å². The van der Waals surface area contributed by atoms with Gasteiger partial charge in [-0.15, -0.1) is 21.5 Å². The molecule has 1 aliphatic rings. The lowest BCUT2D eigenvalue weighted by Crippen LogP contribution is -2.38. The van der Waals surface area contributed by atoms with Gasteiger partial charge in [0.15, 0.2) is 5.82 Å². The van der Waals surface area contributed by atoms with Gasteiger partial charge in [-0.1, -0.05) is 20.8 Å². The number of ether oxygens (including phenoxy) is 1. The fraction of sp³-hybridized carbons (Fsp3) is 0.667. The summed E-state index contributed by atoms with van der Waals surface area (Å²) in [6.07, 6.45) is 1.71. The zero-order valence-corrected chi connectivity index (χ0v) is 14.4. The molecule has 0 aromatic carbocycles. The summed E-state index contributed by atoms with van der Waals surface area (Å²) in [5.41, 5.74) is 1.28. The molecule has 7 heteroatoms. The van der Waals surface area contributed by atoms with Crippen LogP contribution in [0.2, 0.25) is 0 Å². The maximum atomic E-state index is 5.85. The van der Waals surface area contributed by atoms with E-state index in [2.05, 4.69) is 41.2 Å². The molecule has 0 bridgehead atoms. The van der Waals surface area contributed by atoms with Crippen LogP contribution in [-0.2, 0) is 23.7 Å². The van der Waals surface area contributed by atoms with E-state index in [9.17, 15) is 0 Å². The molecule has 3 heterocycles. The SMILES string of the molecule is Cn1cnnc1[C@H]1CN(Cc2nc(C(C)(C)C)cs2)CCO1. The molecular weight excluding hydrogens is 298 g/mol. The quantitative estimate of drug-likeness (QED) is 0.867. The molecule has 6 nitrogen and oxygen atoms in total. The number of nitrogens with zero attached hydrogens (tertiary/aromatic N) is 5. The number of aryl methyl sites for hydroxylation is 1. The monoisotopic (exact) mass is 321 g/mol. The van der Waals surface area contributed by atoms with Crippen molar-refractivity contribution in [3.63, 3.8) is 0 Å². The molecule has 120 valence electrons. The highest BCUT2D eigenvalue weighted by Crippen LogP contribution is 2.26. The van der Waals surface area contributed by atoms with Crippen LogP contribution in [0.3, 0.4) is 0 Å². The highest BCUT2D eigenvalue weighted by molar-refractivity contribution is 7.09. The topological polar surface area (TPSA) is 56.1 Å². The Morgan fingerprint density at radius 2 is 2.23 bits per heavy atom. The molecule has 1 aliphatic heterocycles. The van der Waals surface area contributed by atoms with E-state index in [1.807, 2.05) is 11.6 Å². The molecule has 0 N–H and O–H groups in total.